The maximum absolute atomic E-state index is 10.5. The first-order valence-electron chi connectivity index (χ1n) is 5.50. The first kappa shape index (κ1) is 12.4. The van der Waals surface area contributed by atoms with Gasteiger partial charge in [-0.3, -0.25) is 4.79 Å². The van der Waals surface area contributed by atoms with Gasteiger partial charge in [-0.2, -0.15) is 0 Å². The number of hydrogen-bond acceptors (Lipinski definition) is 3. The molecule has 0 bridgehead atoms. The van der Waals surface area contributed by atoms with Gasteiger partial charge in [-0.15, -0.1) is 0 Å². The van der Waals surface area contributed by atoms with E-state index in [4.69, 9.17) is 15.6 Å². The van der Waals surface area contributed by atoms with Gasteiger partial charge in [0.25, 0.3) is 0 Å². The van der Waals surface area contributed by atoms with Gasteiger partial charge < -0.3 is 15.6 Å². The summed E-state index contributed by atoms with van der Waals surface area (Å²) in [6.45, 7) is 0.696. The number of rotatable bonds is 4. The topological polar surface area (TPSA) is 72.6 Å². The molecule has 1 unspecified atom stereocenters. The monoisotopic (exact) mass is 299 g/mol. The summed E-state index contributed by atoms with van der Waals surface area (Å²) in [6, 6.07) is 3.68. The van der Waals surface area contributed by atoms with Crippen molar-refractivity contribution in [3.63, 3.8) is 0 Å². The molecule has 1 aromatic rings. The second-order valence-electron chi connectivity index (χ2n) is 4.13. The van der Waals surface area contributed by atoms with Gasteiger partial charge in [0.15, 0.2) is 0 Å². The van der Waals surface area contributed by atoms with Crippen LogP contribution in [0.5, 0.6) is 5.75 Å². The van der Waals surface area contributed by atoms with Crippen molar-refractivity contribution in [1.29, 1.82) is 0 Å². The van der Waals surface area contributed by atoms with Crippen molar-refractivity contribution >= 4 is 21.9 Å². The number of hydrogen-bond donors (Lipinski definition) is 2. The predicted octanol–water partition coefficient (Wildman–Crippen LogP) is 2.25. The molecule has 0 saturated carbocycles. The lowest BCUT2D eigenvalue weighted by molar-refractivity contribution is -0.137. The maximum atomic E-state index is 10.5. The van der Waals surface area contributed by atoms with Gasteiger partial charge in [-0.05, 0) is 39.5 Å². The van der Waals surface area contributed by atoms with Crippen molar-refractivity contribution in [2.75, 3.05) is 6.61 Å². The number of aliphatic carboxylic acids is 1. The highest BCUT2D eigenvalue weighted by molar-refractivity contribution is 9.10. The molecular formula is C12H14BrNO3. The standard InChI is InChI=1S/C12H14BrNO3/c13-9-6-8(10(14)1-2-11(15)16)5-7-3-4-17-12(7)9/h5-6,10H,1-4,14H2,(H,15,16). The molecule has 1 aliphatic rings. The van der Waals surface area contributed by atoms with E-state index >= 15 is 0 Å². The van der Waals surface area contributed by atoms with E-state index in [0.717, 1.165) is 27.8 Å². The predicted molar refractivity (Wildman–Crippen MR) is 67.1 cm³/mol. The number of carbonyl (C=O) groups is 1. The quantitative estimate of drug-likeness (QED) is 0.894. The molecule has 1 aromatic carbocycles. The number of carboxylic acids is 1. The Kier molecular flexibility index (Phi) is 3.69. The zero-order valence-electron chi connectivity index (χ0n) is 9.28. The van der Waals surface area contributed by atoms with E-state index in [0.29, 0.717) is 13.0 Å². The van der Waals surface area contributed by atoms with Gasteiger partial charge in [0.1, 0.15) is 5.75 Å². The molecule has 92 valence electrons. The first-order chi connectivity index (χ1) is 8.08. The number of benzene rings is 1. The molecule has 2 rings (SSSR count). The Bertz CT molecular complexity index is 448. The highest BCUT2D eigenvalue weighted by Gasteiger charge is 2.18. The molecule has 4 nitrogen and oxygen atoms in total. The molecule has 0 spiro atoms. The molecule has 0 fully saturated rings. The fourth-order valence-electron chi connectivity index (χ4n) is 1.94. The Hall–Kier alpha value is -1.07. The maximum Gasteiger partial charge on any atom is 0.303 e. The van der Waals surface area contributed by atoms with Crippen LogP contribution in [0.3, 0.4) is 0 Å². The summed E-state index contributed by atoms with van der Waals surface area (Å²) in [5, 5.41) is 8.63. The van der Waals surface area contributed by atoms with E-state index in [9.17, 15) is 4.79 Å². The molecule has 0 aliphatic carbocycles. The largest absolute Gasteiger partial charge is 0.492 e. The number of fused-ring (bicyclic) bond motifs is 1. The van der Waals surface area contributed by atoms with E-state index in [1.165, 1.54) is 0 Å². The third-order valence-corrected chi connectivity index (χ3v) is 3.45. The van der Waals surface area contributed by atoms with Gasteiger partial charge >= 0.3 is 5.97 Å². The second-order valence-corrected chi connectivity index (χ2v) is 4.98. The molecule has 3 N–H and O–H groups in total. The van der Waals surface area contributed by atoms with Crippen LogP contribution in [-0.2, 0) is 11.2 Å². The summed E-state index contributed by atoms with van der Waals surface area (Å²) >= 11 is 3.45. The number of nitrogens with two attached hydrogens (primary N) is 1. The fraction of sp³-hybridized carbons (Fsp3) is 0.417. The minimum atomic E-state index is -0.816. The van der Waals surface area contributed by atoms with E-state index in [2.05, 4.69) is 15.9 Å². The molecule has 1 atom stereocenters. The number of ether oxygens (including phenoxy) is 1. The van der Waals surface area contributed by atoms with Crippen LogP contribution in [0.4, 0.5) is 0 Å². The zero-order chi connectivity index (χ0) is 12.4. The van der Waals surface area contributed by atoms with E-state index in [1.807, 2.05) is 12.1 Å². The van der Waals surface area contributed by atoms with E-state index in [-0.39, 0.29) is 12.5 Å². The Morgan fingerprint density at radius 3 is 3.06 bits per heavy atom. The van der Waals surface area contributed by atoms with Crippen LogP contribution in [0.15, 0.2) is 16.6 Å². The van der Waals surface area contributed by atoms with Gasteiger partial charge in [0.05, 0.1) is 11.1 Å². The molecule has 0 radical (unpaired) electrons. The van der Waals surface area contributed by atoms with Crippen molar-refractivity contribution in [1.82, 2.24) is 0 Å². The van der Waals surface area contributed by atoms with Gasteiger partial charge in [-0.1, -0.05) is 6.07 Å². The summed E-state index contributed by atoms with van der Waals surface area (Å²) in [5.74, 6) is 0.0724. The third-order valence-electron chi connectivity index (χ3n) is 2.86. The second kappa shape index (κ2) is 5.06. The lowest BCUT2D eigenvalue weighted by atomic mass is 10.00. The van der Waals surface area contributed by atoms with Crippen LogP contribution in [0, 0.1) is 0 Å². The van der Waals surface area contributed by atoms with Crippen molar-refractivity contribution in [2.24, 2.45) is 5.73 Å². The molecule has 1 heterocycles. The van der Waals surface area contributed by atoms with Gasteiger partial charge in [-0.25, -0.2) is 0 Å². The Morgan fingerprint density at radius 2 is 2.35 bits per heavy atom. The van der Waals surface area contributed by atoms with Crippen LogP contribution in [0.2, 0.25) is 0 Å². The lowest BCUT2D eigenvalue weighted by Crippen LogP contribution is -2.12. The molecule has 0 aromatic heterocycles. The van der Waals surface area contributed by atoms with Crippen LogP contribution in [-0.4, -0.2) is 17.7 Å². The molecular weight excluding hydrogens is 286 g/mol. The number of halogens is 1. The summed E-state index contributed by atoms with van der Waals surface area (Å²) in [5.41, 5.74) is 8.08. The average molecular weight is 300 g/mol. The minimum absolute atomic E-state index is 0.0897. The van der Waals surface area contributed by atoms with Gasteiger partial charge in [0, 0.05) is 18.9 Å². The highest BCUT2D eigenvalue weighted by Crippen LogP contribution is 2.36. The molecule has 17 heavy (non-hydrogen) atoms. The van der Waals surface area contributed by atoms with Gasteiger partial charge in [0.2, 0.25) is 0 Å². The summed E-state index contributed by atoms with van der Waals surface area (Å²) < 4.78 is 6.38. The molecule has 5 heteroatoms. The first-order valence-corrected chi connectivity index (χ1v) is 6.29. The fourth-order valence-corrected chi connectivity index (χ4v) is 2.58. The molecule has 1 aliphatic heterocycles. The summed E-state index contributed by atoms with van der Waals surface area (Å²) in [7, 11) is 0. The van der Waals surface area contributed by atoms with Crippen molar-refractivity contribution in [3.8, 4) is 5.75 Å². The Morgan fingerprint density at radius 1 is 1.59 bits per heavy atom. The van der Waals surface area contributed by atoms with Crippen LogP contribution in [0.1, 0.15) is 30.0 Å². The normalized spacial score (nSPS) is 15.2. The zero-order valence-corrected chi connectivity index (χ0v) is 10.9. The van der Waals surface area contributed by atoms with Crippen molar-refractivity contribution < 1.29 is 14.6 Å². The average Bonchev–Trinajstić information content (AvgIpc) is 2.74. The highest BCUT2D eigenvalue weighted by atomic mass is 79.9. The third kappa shape index (κ3) is 2.79. The summed E-state index contributed by atoms with van der Waals surface area (Å²) in [6.07, 6.45) is 1.42. The van der Waals surface area contributed by atoms with Crippen molar-refractivity contribution in [2.45, 2.75) is 25.3 Å². The van der Waals surface area contributed by atoms with Crippen LogP contribution >= 0.6 is 15.9 Å². The smallest absolute Gasteiger partial charge is 0.303 e. The molecule has 0 amide bonds. The summed E-state index contributed by atoms with van der Waals surface area (Å²) in [4.78, 5) is 10.5. The molecule has 0 saturated heterocycles. The van der Waals surface area contributed by atoms with Crippen LogP contribution < -0.4 is 10.5 Å². The van der Waals surface area contributed by atoms with Crippen LogP contribution in [0.25, 0.3) is 0 Å². The Labute approximate surface area is 108 Å². The number of carboxylic acid groups (broad SMARTS) is 1. The van der Waals surface area contributed by atoms with E-state index < -0.39 is 5.97 Å². The van der Waals surface area contributed by atoms with E-state index in [1.54, 1.807) is 0 Å². The lowest BCUT2D eigenvalue weighted by Gasteiger charge is -2.13. The van der Waals surface area contributed by atoms with Crippen molar-refractivity contribution in [3.05, 3.63) is 27.7 Å². The minimum Gasteiger partial charge on any atom is -0.492 e. The SMILES string of the molecule is NC(CCC(=O)O)c1cc(Br)c2c(c1)CCO2. The Balaban J connectivity index is 2.16.